The largest absolute Gasteiger partial charge is 0.476 e. The van der Waals surface area contributed by atoms with E-state index in [1.807, 2.05) is 30.5 Å². The van der Waals surface area contributed by atoms with E-state index in [0.29, 0.717) is 0 Å². The van der Waals surface area contributed by atoms with Gasteiger partial charge in [0, 0.05) is 16.8 Å². The molecule has 0 saturated carbocycles. The molecule has 2 aromatic rings. The first kappa shape index (κ1) is 10.8. The SMILES string of the molecule is CSc1ccc(-n2cnc(C(=O)O)c2)cc1. The number of carboxylic acid groups (broad SMARTS) is 1. The number of hydrogen-bond acceptors (Lipinski definition) is 3. The Morgan fingerprint density at radius 1 is 1.38 bits per heavy atom. The molecule has 0 spiro atoms. The topological polar surface area (TPSA) is 55.1 Å². The molecule has 0 aliphatic heterocycles. The Labute approximate surface area is 96.9 Å². The maximum Gasteiger partial charge on any atom is 0.356 e. The van der Waals surface area contributed by atoms with Crippen LogP contribution >= 0.6 is 11.8 Å². The van der Waals surface area contributed by atoms with E-state index in [0.717, 1.165) is 5.69 Å². The molecule has 0 unspecified atom stereocenters. The summed E-state index contributed by atoms with van der Waals surface area (Å²) >= 11 is 1.66. The summed E-state index contributed by atoms with van der Waals surface area (Å²) in [6, 6.07) is 7.83. The van der Waals surface area contributed by atoms with Crippen molar-refractivity contribution in [3.05, 3.63) is 42.5 Å². The molecule has 0 atom stereocenters. The van der Waals surface area contributed by atoms with Crippen LogP contribution in [0.15, 0.2) is 41.7 Å². The third kappa shape index (κ3) is 2.09. The van der Waals surface area contributed by atoms with Gasteiger partial charge in [-0.25, -0.2) is 9.78 Å². The van der Waals surface area contributed by atoms with Gasteiger partial charge in [-0.3, -0.25) is 0 Å². The highest BCUT2D eigenvalue weighted by Crippen LogP contribution is 2.17. The number of benzene rings is 1. The minimum Gasteiger partial charge on any atom is -0.476 e. The van der Waals surface area contributed by atoms with Crippen molar-refractivity contribution in [1.82, 2.24) is 9.55 Å². The van der Waals surface area contributed by atoms with E-state index in [4.69, 9.17) is 5.11 Å². The highest BCUT2D eigenvalue weighted by Gasteiger charge is 2.07. The van der Waals surface area contributed by atoms with Crippen molar-refractivity contribution in [2.45, 2.75) is 4.90 Å². The van der Waals surface area contributed by atoms with Gasteiger partial charge in [0.25, 0.3) is 0 Å². The molecule has 0 bridgehead atoms. The molecule has 2 rings (SSSR count). The second-order valence-corrected chi connectivity index (χ2v) is 4.05. The van der Waals surface area contributed by atoms with Gasteiger partial charge in [0.05, 0.1) is 0 Å². The molecular formula is C11H10N2O2S. The Kier molecular flexibility index (Phi) is 2.96. The first-order valence-electron chi connectivity index (χ1n) is 4.62. The first-order valence-corrected chi connectivity index (χ1v) is 5.85. The molecule has 1 heterocycles. The van der Waals surface area contributed by atoms with Crippen LogP contribution in [-0.4, -0.2) is 26.9 Å². The molecule has 0 fully saturated rings. The standard InChI is InChI=1S/C11H10N2O2S/c1-16-9-4-2-8(3-5-9)13-6-10(11(14)15)12-7-13/h2-7H,1H3,(H,14,15). The van der Waals surface area contributed by atoms with Crippen molar-refractivity contribution in [3.8, 4) is 5.69 Å². The Bertz CT molecular complexity index is 505. The quantitative estimate of drug-likeness (QED) is 0.828. The second-order valence-electron chi connectivity index (χ2n) is 3.17. The predicted octanol–water partition coefficient (Wildman–Crippen LogP) is 2.29. The number of carbonyl (C=O) groups is 1. The summed E-state index contributed by atoms with van der Waals surface area (Å²) < 4.78 is 1.69. The van der Waals surface area contributed by atoms with Gasteiger partial charge in [-0.1, -0.05) is 0 Å². The molecular weight excluding hydrogens is 224 g/mol. The van der Waals surface area contributed by atoms with E-state index in [2.05, 4.69) is 4.98 Å². The van der Waals surface area contributed by atoms with Crippen LogP contribution in [0, 0.1) is 0 Å². The van der Waals surface area contributed by atoms with Gasteiger partial charge in [0.2, 0.25) is 0 Å². The molecule has 0 radical (unpaired) electrons. The number of nitrogens with zero attached hydrogens (tertiary/aromatic N) is 2. The van der Waals surface area contributed by atoms with Crippen molar-refractivity contribution in [2.75, 3.05) is 6.26 Å². The van der Waals surface area contributed by atoms with Gasteiger partial charge >= 0.3 is 5.97 Å². The summed E-state index contributed by atoms with van der Waals surface area (Å²) in [5.41, 5.74) is 0.951. The monoisotopic (exact) mass is 234 g/mol. The Balaban J connectivity index is 2.31. The number of rotatable bonds is 3. The van der Waals surface area contributed by atoms with E-state index in [-0.39, 0.29) is 5.69 Å². The Morgan fingerprint density at radius 2 is 2.06 bits per heavy atom. The average molecular weight is 234 g/mol. The lowest BCUT2D eigenvalue weighted by Gasteiger charge is -2.02. The maximum absolute atomic E-state index is 10.7. The van der Waals surface area contributed by atoms with Gasteiger partial charge in [-0.05, 0) is 30.5 Å². The van der Waals surface area contributed by atoms with Crippen molar-refractivity contribution < 1.29 is 9.90 Å². The predicted molar refractivity (Wildman–Crippen MR) is 62.3 cm³/mol. The fraction of sp³-hybridized carbons (Fsp3) is 0.0909. The summed E-state index contributed by atoms with van der Waals surface area (Å²) in [7, 11) is 0. The van der Waals surface area contributed by atoms with Gasteiger partial charge < -0.3 is 9.67 Å². The molecule has 0 amide bonds. The third-order valence-electron chi connectivity index (χ3n) is 2.17. The number of aromatic carboxylic acids is 1. The molecule has 82 valence electrons. The maximum atomic E-state index is 10.7. The van der Waals surface area contributed by atoms with Crippen molar-refractivity contribution in [3.63, 3.8) is 0 Å². The normalized spacial score (nSPS) is 10.3. The zero-order valence-corrected chi connectivity index (χ0v) is 9.44. The van der Waals surface area contributed by atoms with E-state index >= 15 is 0 Å². The highest BCUT2D eigenvalue weighted by atomic mass is 32.2. The number of hydrogen-bond donors (Lipinski definition) is 1. The molecule has 4 nitrogen and oxygen atoms in total. The lowest BCUT2D eigenvalue weighted by atomic mass is 10.3. The first-order chi connectivity index (χ1) is 7.70. The van der Waals surface area contributed by atoms with Gasteiger partial charge in [0.1, 0.15) is 6.33 Å². The zero-order chi connectivity index (χ0) is 11.5. The van der Waals surface area contributed by atoms with E-state index < -0.39 is 5.97 Å². The minimum atomic E-state index is -1.01. The molecule has 1 aromatic heterocycles. The summed E-state index contributed by atoms with van der Waals surface area (Å²) in [4.78, 5) is 15.6. The summed E-state index contributed by atoms with van der Waals surface area (Å²) in [5, 5.41) is 8.75. The lowest BCUT2D eigenvalue weighted by Crippen LogP contribution is -1.95. The Morgan fingerprint density at radius 3 is 2.56 bits per heavy atom. The number of thioether (sulfide) groups is 1. The van der Waals surface area contributed by atoms with E-state index in [1.165, 1.54) is 17.4 Å². The smallest absolute Gasteiger partial charge is 0.356 e. The van der Waals surface area contributed by atoms with E-state index in [1.54, 1.807) is 16.3 Å². The van der Waals surface area contributed by atoms with Gasteiger partial charge in [0.15, 0.2) is 5.69 Å². The van der Waals surface area contributed by atoms with Crippen LogP contribution in [0.4, 0.5) is 0 Å². The van der Waals surface area contributed by atoms with Crippen molar-refractivity contribution in [2.24, 2.45) is 0 Å². The highest BCUT2D eigenvalue weighted by molar-refractivity contribution is 7.98. The third-order valence-corrected chi connectivity index (χ3v) is 2.92. The Hall–Kier alpha value is -1.75. The van der Waals surface area contributed by atoms with Crippen LogP contribution in [0.3, 0.4) is 0 Å². The fourth-order valence-corrected chi connectivity index (χ4v) is 1.74. The molecule has 1 aromatic carbocycles. The van der Waals surface area contributed by atoms with Gasteiger partial charge in [-0.15, -0.1) is 11.8 Å². The second kappa shape index (κ2) is 4.40. The molecule has 16 heavy (non-hydrogen) atoms. The van der Waals surface area contributed by atoms with Crippen LogP contribution < -0.4 is 0 Å². The van der Waals surface area contributed by atoms with Crippen molar-refractivity contribution >= 4 is 17.7 Å². The van der Waals surface area contributed by atoms with Crippen LogP contribution in [0.1, 0.15) is 10.5 Å². The van der Waals surface area contributed by atoms with Crippen molar-refractivity contribution in [1.29, 1.82) is 0 Å². The average Bonchev–Trinajstić information content (AvgIpc) is 2.78. The molecule has 5 heteroatoms. The van der Waals surface area contributed by atoms with E-state index in [9.17, 15) is 4.79 Å². The van der Waals surface area contributed by atoms with Crippen LogP contribution in [0.2, 0.25) is 0 Å². The number of imidazole rings is 1. The fourth-order valence-electron chi connectivity index (χ4n) is 1.33. The summed E-state index contributed by atoms with van der Waals surface area (Å²) in [5.74, 6) is -1.01. The van der Waals surface area contributed by atoms with Crippen LogP contribution in [0.25, 0.3) is 5.69 Å². The molecule has 1 N–H and O–H groups in total. The molecule has 0 saturated heterocycles. The molecule has 0 aliphatic rings. The van der Waals surface area contributed by atoms with Crippen LogP contribution in [-0.2, 0) is 0 Å². The summed E-state index contributed by atoms with van der Waals surface area (Å²) in [6.45, 7) is 0. The molecule has 0 aliphatic carbocycles. The minimum absolute atomic E-state index is 0.0499. The number of aromatic nitrogens is 2. The lowest BCUT2D eigenvalue weighted by molar-refractivity contribution is 0.0691. The zero-order valence-electron chi connectivity index (χ0n) is 8.62. The van der Waals surface area contributed by atoms with Crippen LogP contribution in [0.5, 0.6) is 0 Å². The number of carboxylic acids is 1. The summed E-state index contributed by atoms with van der Waals surface area (Å²) in [6.07, 6.45) is 5.00. The van der Waals surface area contributed by atoms with Gasteiger partial charge in [-0.2, -0.15) is 0 Å².